The molecule has 2 bridgehead atoms. The summed E-state index contributed by atoms with van der Waals surface area (Å²) in [5.74, 6) is 2.82. The van der Waals surface area contributed by atoms with Gasteiger partial charge in [0.25, 0.3) is 0 Å². The highest BCUT2D eigenvalue weighted by Crippen LogP contribution is 2.65. The van der Waals surface area contributed by atoms with Gasteiger partial charge in [0, 0.05) is 17.6 Å². The van der Waals surface area contributed by atoms with E-state index < -0.39 is 0 Å². The second kappa shape index (κ2) is 4.27. The highest BCUT2D eigenvalue weighted by molar-refractivity contribution is 5.28. The molecule has 0 heterocycles. The van der Waals surface area contributed by atoms with Crippen molar-refractivity contribution in [3.63, 3.8) is 0 Å². The van der Waals surface area contributed by atoms with Crippen LogP contribution in [-0.2, 0) is 0 Å². The molecule has 3 fully saturated rings. The van der Waals surface area contributed by atoms with E-state index in [2.05, 4.69) is 5.32 Å². The van der Waals surface area contributed by atoms with Gasteiger partial charge in [0.2, 0.25) is 0 Å². The molecule has 5 atom stereocenters. The maximum absolute atomic E-state index is 14.0. The van der Waals surface area contributed by atoms with Gasteiger partial charge in [0.15, 0.2) is 0 Å². The van der Waals surface area contributed by atoms with Crippen LogP contribution in [0.15, 0.2) is 12.1 Å². The number of benzene rings is 1. The van der Waals surface area contributed by atoms with Crippen molar-refractivity contribution < 1.29 is 8.78 Å². The lowest BCUT2D eigenvalue weighted by Gasteiger charge is -2.18. The zero-order chi connectivity index (χ0) is 14.0. The van der Waals surface area contributed by atoms with Crippen LogP contribution in [0.1, 0.15) is 43.4 Å². The average molecular weight is 277 g/mol. The van der Waals surface area contributed by atoms with Crippen LogP contribution in [0.5, 0.6) is 0 Å². The normalized spacial score (nSPS) is 38.9. The number of aryl methyl sites for hydroxylation is 1. The van der Waals surface area contributed by atoms with Gasteiger partial charge < -0.3 is 5.32 Å². The molecule has 0 amide bonds. The Morgan fingerprint density at radius 3 is 2.40 bits per heavy atom. The summed E-state index contributed by atoms with van der Waals surface area (Å²) < 4.78 is 27.6. The van der Waals surface area contributed by atoms with Crippen molar-refractivity contribution >= 4 is 0 Å². The average Bonchev–Trinajstić information content (AvgIpc) is 2.82. The first-order valence-corrected chi connectivity index (χ1v) is 7.78. The van der Waals surface area contributed by atoms with Gasteiger partial charge in [0.05, 0.1) is 0 Å². The topological polar surface area (TPSA) is 12.0 Å². The summed E-state index contributed by atoms with van der Waals surface area (Å²) in [4.78, 5) is 0. The number of fused-ring (bicyclic) bond motifs is 5. The maximum Gasteiger partial charge on any atom is 0.128 e. The van der Waals surface area contributed by atoms with E-state index in [0.29, 0.717) is 17.2 Å². The number of hydrogen-bond donors (Lipinski definition) is 1. The first kappa shape index (κ1) is 12.8. The van der Waals surface area contributed by atoms with Crippen molar-refractivity contribution in [2.75, 3.05) is 0 Å². The Balaban J connectivity index is 1.49. The smallest absolute Gasteiger partial charge is 0.128 e. The summed E-state index contributed by atoms with van der Waals surface area (Å²) in [6.45, 7) is 3.55. The predicted molar refractivity (Wildman–Crippen MR) is 74.2 cm³/mol. The molecule has 20 heavy (non-hydrogen) atoms. The first-order chi connectivity index (χ1) is 9.56. The molecule has 4 rings (SSSR count). The third-order valence-electron chi connectivity index (χ3n) is 5.92. The van der Waals surface area contributed by atoms with E-state index in [1.165, 1.54) is 31.4 Å². The molecule has 3 aliphatic carbocycles. The fraction of sp³-hybridized carbons (Fsp3) is 0.647. The molecule has 0 aliphatic heterocycles. The summed E-state index contributed by atoms with van der Waals surface area (Å²) in [6.07, 6.45) is 4.17. The van der Waals surface area contributed by atoms with Crippen LogP contribution in [0.25, 0.3) is 0 Å². The molecule has 1 aromatic rings. The molecule has 3 saturated carbocycles. The van der Waals surface area contributed by atoms with Gasteiger partial charge in [-0.25, -0.2) is 8.78 Å². The Bertz CT molecular complexity index is 540. The third kappa shape index (κ3) is 1.75. The Labute approximate surface area is 118 Å². The third-order valence-corrected chi connectivity index (χ3v) is 5.92. The Hall–Kier alpha value is -0.960. The minimum Gasteiger partial charge on any atom is -0.307 e. The van der Waals surface area contributed by atoms with E-state index in [-0.39, 0.29) is 17.7 Å². The molecule has 0 saturated heterocycles. The van der Waals surface area contributed by atoms with Crippen LogP contribution in [0, 0.1) is 42.2 Å². The fourth-order valence-corrected chi connectivity index (χ4v) is 4.92. The standard InChI is InChI=1S/C17H21F2N/c1-8-5-14(19)12(7-13(8)18)9(2)20-17-15-10-3-4-11(6-10)16(15)17/h5,7,9-11,15-17,20H,3-4,6H2,1-2H3. The monoisotopic (exact) mass is 277 g/mol. The fourth-order valence-electron chi connectivity index (χ4n) is 4.92. The maximum atomic E-state index is 14.0. The largest absolute Gasteiger partial charge is 0.307 e. The number of nitrogens with one attached hydrogen (secondary N) is 1. The minimum atomic E-state index is -0.314. The van der Waals surface area contributed by atoms with Gasteiger partial charge in [-0.3, -0.25) is 0 Å². The van der Waals surface area contributed by atoms with Crippen molar-refractivity contribution in [3.05, 3.63) is 34.9 Å². The van der Waals surface area contributed by atoms with Crippen LogP contribution in [0.4, 0.5) is 8.78 Å². The van der Waals surface area contributed by atoms with Crippen molar-refractivity contribution in [3.8, 4) is 0 Å². The van der Waals surface area contributed by atoms with Gasteiger partial charge in [-0.2, -0.15) is 0 Å². The zero-order valence-corrected chi connectivity index (χ0v) is 12.0. The summed E-state index contributed by atoms with van der Waals surface area (Å²) in [5.41, 5.74) is 0.838. The summed E-state index contributed by atoms with van der Waals surface area (Å²) in [6, 6.07) is 3.09. The quantitative estimate of drug-likeness (QED) is 0.881. The Morgan fingerprint density at radius 1 is 1.10 bits per heavy atom. The Morgan fingerprint density at radius 2 is 1.75 bits per heavy atom. The van der Waals surface area contributed by atoms with E-state index in [4.69, 9.17) is 0 Å². The van der Waals surface area contributed by atoms with Crippen LogP contribution in [0.2, 0.25) is 0 Å². The van der Waals surface area contributed by atoms with Crippen LogP contribution in [-0.4, -0.2) is 6.04 Å². The highest BCUT2D eigenvalue weighted by atomic mass is 19.1. The number of hydrogen-bond acceptors (Lipinski definition) is 1. The molecule has 5 unspecified atom stereocenters. The van der Waals surface area contributed by atoms with E-state index in [0.717, 1.165) is 23.7 Å². The SMILES string of the molecule is Cc1cc(F)c(C(C)NC2C3C4CCC(C4)C23)cc1F. The van der Waals surface area contributed by atoms with Crippen LogP contribution < -0.4 is 5.32 Å². The lowest BCUT2D eigenvalue weighted by atomic mass is 10.0. The minimum absolute atomic E-state index is 0.111. The van der Waals surface area contributed by atoms with Crippen molar-refractivity contribution in [2.45, 2.75) is 45.2 Å². The molecule has 1 aromatic carbocycles. The first-order valence-electron chi connectivity index (χ1n) is 7.78. The molecule has 1 N–H and O–H groups in total. The second-order valence-electron chi connectivity index (χ2n) is 7.02. The van der Waals surface area contributed by atoms with Gasteiger partial charge >= 0.3 is 0 Å². The summed E-state index contributed by atoms with van der Waals surface area (Å²) >= 11 is 0. The second-order valence-corrected chi connectivity index (χ2v) is 7.02. The van der Waals surface area contributed by atoms with Gasteiger partial charge in [-0.05, 0) is 74.5 Å². The van der Waals surface area contributed by atoms with Crippen LogP contribution in [0.3, 0.4) is 0 Å². The lowest BCUT2D eigenvalue weighted by Crippen LogP contribution is -2.27. The summed E-state index contributed by atoms with van der Waals surface area (Å²) in [7, 11) is 0. The zero-order valence-electron chi connectivity index (χ0n) is 12.0. The van der Waals surface area contributed by atoms with Crippen molar-refractivity contribution in [1.82, 2.24) is 5.32 Å². The lowest BCUT2D eigenvalue weighted by molar-refractivity contribution is 0.425. The molecule has 3 aliphatic rings. The van der Waals surface area contributed by atoms with Crippen LogP contribution >= 0.6 is 0 Å². The molecular formula is C17H21F2N. The molecule has 0 radical (unpaired) electrons. The van der Waals surface area contributed by atoms with E-state index >= 15 is 0 Å². The molecule has 108 valence electrons. The van der Waals surface area contributed by atoms with Crippen molar-refractivity contribution in [2.24, 2.45) is 23.7 Å². The molecule has 1 nitrogen and oxygen atoms in total. The molecular weight excluding hydrogens is 256 g/mol. The molecule has 3 heteroatoms. The highest BCUT2D eigenvalue weighted by Gasteiger charge is 2.64. The van der Waals surface area contributed by atoms with Crippen molar-refractivity contribution in [1.29, 1.82) is 0 Å². The molecule has 0 aromatic heterocycles. The van der Waals surface area contributed by atoms with E-state index in [9.17, 15) is 8.78 Å². The molecule has 0 spiro atoms. The van der Waals surface area contributed by atoms with Gasteiger partial charge in [-0.15, -0.1) is 0 Å². The van der Waals surface area contributed by atoms with Gasteiger partial charge in [-0.1, -0.05) is 0 Å². The predicted octanol–water partition coefficient (Wildman–Crippen LogP) is 3.97. The number of halogens is 2. The van der Waals surface area contributed by atoms with E-state index in [1.807, 2.05) is 6.92 Å². The number of rotatable bonds is 3. The van der Waals surface area contributed by atoms with E-state index in [1.54, 1.807) is 6.92 Å². The summed E-state index contributed by atoms with van der Waals surface area (Å²) in [5, 5.41) is 3.55. The van der Waals surface area contributed by atoms with Gasteiger partial charge in [0.1, 0.15) is 11.6 Å². The Kier molecular flexibility index (Phi) is 2.72.